The average molecular weight is 341 g/mol. The maximum absolute atomic E-state index is 12.7. The smallest absolute Gasteiger partial charge is 0.246 e. The molecule has 0 radical (unpaired) electrons. The van der Waals surface area contributed by atoms with E-state index in [9.17, 15) is 4.79 Å². The van der Waals surface area contributed by atoms with E-state index >= 15 is 0 Å². The lowest BCUT2D eigenvalue weighted by atomic mass is 9.93. The van der Waals surface area contributed by atoms with E-state index in [0.29, 0.717) is 25.0 Å². The highest BCUT2D eigenvalue weighted by Gasteiger charge is 2.33. The van der Waals surface area contributed by atoms with E-state index in [4.69, 9.17) is 4.74 Å². The van der Waals surface area contributed by atoms with Crippen molar-refractivity contribution >= 4 is 5.91 Å². The molecule has 1 amide bonds. The number of fused-ring (bicyclic) bond motifs is 1. The second-order valence-electron chi connectivity index (χ2n) is 6.76. The molecule has 132 valence electrons. The van der Waals surface area contributed by atoms with Crippen molar-refractivity contribution in [3.63, 3.8) is 0 Å². The number of pyridine rings is 1. The zero-order valence-corrected chi connectivity index (χ0v) is 14.4. The van der Waals surface area contributed by atoms with Gasteiger partial charge in [0.2, 0.25) is 11.8 Å². The lowest BCUT2D eigenvalue weighted by Crippen LogP contribution is -2.48. The van der Waals surface area contributed by atoms with Gasteiger partial charge in [-0.2, -0.15) is 5.10 Å². The van der Waals surface area contributed by atoms with Gasteiger partial charge in [0.05, 0.1) is 12.8 Å². The highest BCUT2D eigenvalue weighted by atomic mass is 16.5. The molecule has 1 atom stereocenters. The molecular formula is C18H23N5O2. The van der Waals surface area contributed by atoms with Gasteiger partial charge in [0, 0.05) is 43.6 Å². The molecule has 3 heterocycles. The molecule has 0 aromatic carbocycles. The van der Waals surface area contributed by atoms with Gasteiger partial charge in [-0.05, 0) is 31.4 Å². The molecule has 7 heteroatoms. The molecule has 4 rings (SSSR count). The van der Waals surface area contributed by atoms with Crippen LogP contribution in [-0.2, 0) is 17.9 Å². The van der Waals surface area contributed by atoms with E-state index in [-0.39, 0.29) is 11.9 Å². The van der Waals surface area contributed by atoms with Crippen LogP contribution in [0.1, 0.15) is 36.6 Å². The van der Waals surface area contributed by atoms with Crippen LogP contribution in [0.15, 0.2) is 30.6 Å². The van der Waals surface area contributed by atoms with Crippen LogP contribution in [0.3, 0.4) is 0 Å². The largest absolute Gasteiger partial charge is 0.481 e. The summed E-state index contributed by atoms with van der Waals surface area (Å²) < 4.78 is 7.22. The third-order valence-electron chi connectivity index (χ3n) is 5.06. The highest BCUT2D eigenvalue weighted by molar-refractivity contribution is 5.81. The van der Waals surface area contributed by atoms with Gasteiger partial charge in [-0.1, -0.05) is 6.07 Å². The van der Waals surface area contributed by atoms with Gasteiger partial charge in [-0.3, -0.25) is 14.4 Å². The number of rotatable bonds is 5. The number of nitrogens with zero attached hydrogens (tertiary/aromatic N) is 4. The Morgan fingerprint density at radius 3 is 3.00 bits per heavy atom. The monoisotopic (exact) mass is 341 g/mol. The minimum absolute atomic E-state index is 0.0671. The van der Waals surface area contributed by atoms with Crippen molar-refractivity contribution in [3.05, 3.63) is 41.9 Å². The molecule has 1 N–H and O–H groups in total. The maximum Gasteiger partial charge on any atom is 0.246 e. The molecule has 1 fully saturated rings. The number of ether oxygens (including phenoxy) is 1. The molecule has 2 aromatic rings. The molecule has 1 aliphatic carbocycles. The quantitative estimate of drug-likeness (QED) is 0.892. The summed E-state index contributed by atoms with van der Waals surface area (Å²) in [6.45, 7) is 2.08. The zero-order chi connectivity index (χ0) is 17.2. The zero-order valence-electron chi connectivity index (χ0n) is 14.4. The number of aromatic nitrogens is 3. The van der Waals surface area contributed by atoms with E-state index in [1.54, 1.807) is 19.5 Å². The van der Waals surface area contributed by atoms with E-state index in [0.717, 1.165) is 30.6 Å². The SMILES string of the molecule is COc1ncccc1CN1Cc2ccnn2[C@H](C(=O)NC2CCC2)C1. The molecule has 0 spiro atoms. The van der Waals surface area contributed by atoms with E-state index in [2.05, 4.69) is 20.3 Å². The first-order valence-electron chi connectivity index (χ1n) is 8.77. The topological polar surface area (TPSA) is 72.3 Å². The highest BCUT2D eigenvalue weighted by Crippen LogP contribution is 2.26. The van der Waals surface area contributed by atoms with Gasteiger partial charge in [-0.15, -0.1) is 0 Å². The Labute approximate surface area is 147 Å². The molecule has 2 aliphatic rings. The van der Waals surface area contributed by atoms with Crippen LogP contribution < -0.4 is 10.1 Å². The fourth-order valence-corrected chi connectivity index (χ4v) is 3.50. The standard InChI is InChI=1S/C18H23N5O2/c1-25-18-13(4-3-8-19-18)10-22-11-15-7-9-20-23(15)16(12-22)17(24)21-14-5-2-6-14/h3-4,7-9,14,16H,2,5-6,10-12H2,1H3,(H,21,24)/t16-/m0/s1. The lowest BCUT2D eigenvalue weighted by molar-refractivity contribution is -0.127. The number of carbonyl (C=O) groups is 1. The molecule has 0 saturated heterocycles. The molecule has 1 saturated carbocycles. The Morgan fingerprint density at radius 1 is 1.36 bits per heavy atom. The number of nitrogens with one attached hydrogen (secondary N) is 1. The molecule has 25 heavy (non-hydrogen) atoms. The Hall–Kier alpha value is -2.41. The van der Waals surface area contributed by atoms with Crippen LogP contribution in [-0.4, -0.2) is 45.3 Å². The fraction of sp³-hybridized carbons (Fsp3) is 0.500. The summed E-state index contributed by atoms with van der Waals surface area (Å²) in [5, 5.41) is 7.54. The maximum atomic E-state index is 12.7. The number of hydrogen-bond donors (Lipinski definition) is 1. The fourth-order valence-electron chi connectivity index (χ4n) is 3.50. The lowest BCUT2D eigenvalue weighted by Gasteiger charge is -2.35. The van der Waals surface area contributed by atoms with Gasteiger partial charge in [0.1, 0.15) is 6.04 Å². The summed E-state index contributed by atoms with van der Waals surface area (Å²) in [6.07, 6.45) is 6.87. The van der Waals surface area contributed by atoms with E-state index < -0.39 is 0 Å². The third-order valence-corrected chi connectivity index (χ3v) is 5.06. The van der Waals surface area contributed by atoms with Gasteiger partial charge in [-0.25, -0.2) is 4.98 Å². The summed E-state index contributed by atoms with van der Waals surface area (Å²) >= 11 is 0. The van der Waals surface area contributed by atoms with Gasteiger partial charge < -0.3 is 10.1 Å². The summed E-state index contributed by atoms with van der Waals surface area (Å²) in [7, 11) is 1.63. The van der Waals surface area contributed by atoms with Crippen LogP contribution in [0, 0.1) is 0 Å². The Kier molecular flexibility index (Phi) is 4.40. The van der Waals surface area contributed by atoms with Crippen LogP contribution in [0.5, 0.6) is 5.88 Å². The number of carbonyl (C=O) groups excluding carboxylic acids is 1. The van der Waals surface area contributed by atoms with Crippen molar-refractivity contribution in [2.75, 3.05) is 13.7 Å². The second-order valence-corrected chi connectivity index (χ2v) is 6.76. The molecule has 1 aliphatic heterocycles. The minimum atomic E-state index is -0.290. The van der Waals surface area contributed by atoms with Crippen molar-refractivity contribution in [2.45, 2.75) is 44.4 Å². The first-order valence-corrected chi connectivity index (χ1v) is 8.77. The summed E-state index contributed by atoms with van der Waals surface area (Å²) in [5.74, 6) is 0.703. The van der Waals surface area contributed by atoms with Gasteiger partial charge in [0.15, 0.2) is 0 Å². The predicted octanol–water partition coefficient (Wildman–Crippen LogP) is 1.51. The van der Waals surface area contributed by atoms with Crippen molar-refractivity contribution in [2.24, 2.45) is 0 Å². The minimum Gasteiger partial charge on any atom is -0.481 e. The van der Waals surface area contributed by atoms with E-state index in [1.165, 1.54) is 6.42 Å². The normalized spacial score (nSPS) is 20.6. The Balaban J connectivity index is 1.52. The number of hydrogen-bond acceptors (Lipinski definition) is 5. The van der Waals surface area contributed by atoms with Gasteiger partial charge in [0.25, 0.3) is 0 Å². The Bertz CT molecular complexity index is 755. The van der Waals surface area contributed by atoms with Crippen LogP contribution in [0.25, 0.3) is 0 Å². The van der Waals surface area contributed by atoms with Crippen molar-refractivity contribution in [1.82, 2.24) is 25.0 Å². The van der Waals surface area contributed by atoms with Crippen LogP contribution >= 0.6 is 0 Å². The van der Waals surface area contributed by atoms with Crippen molar-refractivity contribution < 1.29 is 9.53 Å². The van der Waals surface area contributed by atoms with Crippen LogP contribution in [0.2, 0.25) is 0 Å². The molecule has 2 aromatic heterocycles. The number of methoxy groups -OCH3 is 1. The van der Waals surface area contributed by atoms with Crippen molar-refractivity contribution in [1.29, 1.82) is 0 Å². The van der Waals surface area contributed by atoms with E-state index in [1.807, 2.05) is 22.9 Å². The molecular weight excluding hydrogens is 318 g/mol. The van der Waals surface area contributed by atoms with Crippen molar-refractivity contribution in [3.8, 4) is 5.88 Å². The summed E-state index contributed by atoms with van der Waals surface area (Å²) in [6, 6.07) is 5.95. The molecule has 0 unspecified atom stereocenters. The molecule has 7 nitrogen and oxygen atoms in total. The average Bonchev–Trinajstić information content (AvgIpc) is 3.06. The summed E-state index contributed by atoms with van der Waals surface area (Å²) in [4.78, 5) is 19.3. The third kappa shape index (κ3) is 3.24. The molecule has 0 bridgehead atoms. The Morgan fingerprint density at radius 2 is 2.24 bits per heavy atom. The predicted molar refractivity (Wildman–Crippen MR) is 91.9 cm³/mol. The first kappa shape index (κ1) is 16.1. The van der Waals surface area contributed by atoms with Gasteiger partial charge >= 0.3 is 0 Å². The summed E-state index contributed by atoms with van der Waals surface area (Å²) in [5.41, 5.74) is 2.08. The second kappa shape index (κ2) is 6.84. The van der Waals surface area contributed by atoms with Crippen LogP contribution in [0.4, 0.5) is 0 Å². The first-order chi connectivity index (χ1) is 12.2. The number of amides is 1.